The summed E-state index contributed by atoms with van der Waals surface area (Å²) < 4.78 is 5.20. The molecule has 78 valence electrons. The van der Waals surface area contributed by atoms with Crippen LogP contribution in [0.15, 0.2) is 41.4 Å². The molecule has 0 aliphatic carbocycles. The Balaban J connectivity index is 2.71. The Morgan fingerprint density at radius 2 is 2.27 bits per heavy atom. The number of hydrogen-bond donors (Lipinski definition) is 0. The van der Waals surface area contributed by atoms with Gasteiger partial charge in [-0.3, -0.25) is 0 Å². The molecule has 0 bridgehead atoms. The fourth-order valence-electron chi connectivity index (χ4n) is 1.32. The highest BCUT2D eigenvalue weighted by Gasteiger charge is 2.02. The van der Waals surface area contributed by atoms with Gasteiger partial charge in [0.1, 0.15) is 5.75 Å². The molecular weight excluding hydrogens is 190 g/mol. The Morgan fingerprint density at radius 1 is 1.53 bits per heavy atom. The zero-order valence-corrected chi connectivity index (χ0v) is 8.69. The predicted octanol–water partition coefficient (Wildman–Crippen LogP) is 2.13. The van der Waals surface area contributed by atoms with Crippen LogP contribution in [0.1, 0.15) is 5.56 Å². The molecule has 0 radical (unpaired) electrons. The van der Waals surface area contributed by atoms with Crippen LogP contribution in [0.3, 0.4) is 0 Å². The second-order valence-electron chi connectivity index (χ2n) is 3.15. The van der Waals surface area contributed by atoms with Gasteiger partial charge in [0.05, 0.1) is 13.7 Å². The van der Waals surface area contributed by atoms with E-state index in [4.69, 9.17) is 4.74 Å². The van der Waals surface area contributed by atoms with Crippen molar-refractivity contribution < 1.29 is 9.53 Å². The maximum absolute atomic E-state index is 9.93. The van der Waals surface area contributed by atoms with Crippen LogP contribution in [0.25, 0.3) is 0 Å². The highest BCUT2D eigenvalue weighted by Crippen LogP contribution is 2.19. The summed E-state index contributed by atoms with van der Waals surface area (Å²) >= 11 is 0. The number of para-hydroxylation sites is 1. The van der Waals surface area contributed by atoms with E-state index in [0.717, 1.165) is 16.9 Å². The summed E-state index contributed by atoms with van der Waals surface area (Å²) in [5, 5.41) is 0. The Bertz CT molecular complexity index is 392. The maximum Gasteiger partial charge on any atom is 0.235 e. The van der Waals surface area contributed by atoms with Gasteiger partial charge in [-0.15, -0.1) is 0 Å². The molecule has 0 heterocycles. The Morgan fingerprint density at radius 3 is 2.93 bits per heavy atom. The summed E-state index contributed by atoms with van der Waals surface area (Å²) in [6, 6.07) is 7.71. The van der Waals surface area contributed by atoms with E-state index in [1.165, 1.54) is 6.08 Å². The number of nitrogens with zero attached hydrogens (tertiary/aromatic N) is 1. The molecule has 3 nitrogen and oxygen atoms in total. The van der Waals surface area contributed by atoms with Gasteiger partial charge in [0.25, 0.3) is 0 Å². The van der Waals surface area contributed by atoms with E-state index < -0.39 is 0 Å². The fraction of sp³-hybridized carbons (Fsp3) is 0.250. The van der Waals surface area contributed by atoms with Crippen LogP contribution in [-0.2, 0) is 11.2 Å². The molecule has 0 saturated carbocycles. The molecule has 0 amide bonds. The third-order valence-corrected chi connectivity index (χ3v) is 2.00. The summed E-state index contributed by atoms with van der Waals surface area (Å²) in [5.74, 6) is 0.828. The van der Waals surface area contributed by atoms with Crippen molar-refractivity contribution in [1.82, 2.24) is 0 Å². The number of aliphatic imine (C=N–C) groups is 1. The minimum Gasteiger partial charge on any atom is -0.496 e. The third kappa shape index (κ3) is 3.41. The van der Waals surface area contributed by atoms with E-state index in [1.54, 1.807) is 7.11 Å². The number of benzene rings is 1. The van der Waals surface area contributed by atoms with Crippen LogP contribution in [-0.4, -0.2) is 19.7 Å². The zero-order chi connectivity index (χ0) is 11.1. The third-order valence-electron chi connectivity index (χ3n) is 2.00. The first-order valence-electron chi connectivity index (χ1n) is 4.60. The number of ether oxygens (including phenoxy) is 1. The lowest BCUT2D eigenvalue weighted by molar-refractivity contribution is 0.410. The lowest BCUT2D eigenvalue weighted by Gasteiger charge is -2.08. The topological polar surface area (TPSA) is 38.7 Å². The van der Waals surface area contributed by atoms with Crippen molar-refractivity contribution in [2.24, 2.45) is 4.99 Å². The van der Waals surface area contributed by atoms with Gasteiger partial charge in [-0.05, 0) is 18.1 Å². The van der Waals surface area contributed by atoms with E-state index >= 15 is 0 Å². The molecule has 0 saturated heterocycles. The first-order chi connectivity index (χ1) is 7.27. The molecule has 1 rings (SSSR count). The minimum atomic E-state index is 0.321. The van der Waals surface area contributed by atoms with Gasteiger partial charge in [-0.1, -0.05) is 30.4 Å². The SMILES string of the molecule is C=C(CN=C=O)Cc1ccccc1OC. The predicted molar refractivity (Wildman–Crippen MR) is 58.8 cm³/mol. The molecule has 0 spiro atoms. The van der Waals surface area contributed by atoms with Crippen molar-refractivity contribution in [2.45, 2.75) is 6.42 Å². The molecule has 3 heteroatoms. The molecule has 0 N–H and O–H groups in total. The largest absolute Gasteiger partial charge is 0.496 e. The van der Waals surface area contributed by atoms with Crippen molar-refractivity contribution in [3.63, 3.8) is 0 Å². The Labute approximate surface area is 89.1 Å². The molecule has 1 aromatic carbocycles. The van der Waals surface area contributed by atoms with E-state index in [1.807, 2.05) is 24.3 Å². The summed E-state index contributed by atoms with van der Waals surface area (Å²) in [4.78, 5) is 13.4. The smallest absolute Gasteiger partial charge is 0.235 e. The van der Waals surface area contributed by atoms with E-state index in [9.17, 15) is 4.79 Å². The first kappa shape index (κ1) is 11.2. The fourth-order valence-corrected chi connectivity index (χ4v) is 1.32. The lowest BCUT2D eigenvalue weighted by Crippen LogP contribution is -1.96. The molecule has 0 unspecified atom stereocenters. The van der Waals surface area contributed by atoms with Crippen LogP contribution in [0, 0.1) is 0 Å². The van der Waals surface area contributed by atoms with E-state index in [-0.39, 0.29) is 0 Å². The minimum absolute atomic E-state index is 0.321. The van der Waals surface area contributed by atoms with Crippen molar-refractivity contribution in [3.05, 3.63) is 42.0 Å². The Kier molecular flexibility index (Phi) is 4.32. The van der Waals surface area contributed by atoms with Crippen LogP contribution in [0.5, 0.6) is 5.75 Å². The van der Waals surface area contributed by atoms with E-state index in [0.29, 0.717) is 13.0 Å². The summed E-state index contributed by atoms with van der Waals surface area (Å²) in [6.07, 6.45) is 2.16. The van der Waals surface area contributed by atoms with Crippen LogP contribution in [0.4, 0.5) is 0 Å². The number of carbonyl (C=O) groups excluding carboxylic acids is 1. The van der Waals surface area contributed by atoms with Crippen LogP contribution in [0.2, 0.25) is 0 Å². The number of rotatable bonds is 5. The Hall–Kier alpha value is -1.86. The van der Waals surface area contributed by atoms with E-state index in [2.05, 4.69) is 11.6 Å². The van der Waals surface area contributed by atoms with Crippen molar-refractivity contribution in [2.75, 3.05) is 13.7 Å². The standard InChI is InChI=1S/C12H13NO2/c1-10(8-13-9-14)7-11-5-3-4-6-12(11)15-2/h3-6H,1,7-8H2,2H3. The summed E-state index contributed by atoms with van der Waals surface area (Å²) in [6.45, 7) is 4.16. The highest BCUT2D eigenvalue weighted by molar-refractivity contribution is 5.37. The quantitative estimate of drug-likeness (QED) is 0.417. The molecular formula is C12H13NO2. The number of methoxy groups -OCH3 is 1. The van der Waals surface area contributed by atoms with Gasteiger partial charge in [-0.25, -0.2) is 9.79 Å². The van der Waals surface area contributed by atoms with Gasteiger partial charge in [0, 0.05) is 0 Å². The van der Waals surface area contributed by atoms with Gasteiger partial charge >= 0.3 is 0 Å². The number of isocyanates is 1. The van der Waals surface area contributed by atoms with Gasteiger partial charge < -0.3 is 4.74 Å². The molecule has 0 aliphatic heterocycles. The average molecular weight is 203 g/mol. The van der Waals surface area contributed by atoms with Crippen molar-refractivity contribution >= 4 is 6.08 Å². The zero-order valence-electron chi connectivity index (χ0n) is 8.69. The normalized spacial score (nSPS) is 9.13. The van der Waals surface area contributed by atoms with Crippen LogP contribution < -0.4 is 4.74 Å². The maximum atomic E-state index is 9.93. The monoisotopic (exact) mass is 203 g/mol. The molecule has 0 atom stereocenters. The molecule has 15 heavy (non-hydrogen) atoms. The second-order valence-corrected chi connectivity index (χ2v) is 3.15. The lowest BCUT2D eigenvalue weighted by atomic mass is 10.1. The summed E-state index contributed by atoms with van der Waals surface area (Å²) in [7, 11) is 1.63. The number of hydrogen-bond acceptors (Lipinski definition) is 3. The first-order valence-corrected chi connectivity index (χ1v) is 4.60. The van der Waals surface area contributed by atoms with Gasteiger partial charge in [-0.2, -0.15) is 0 Å². The van der Waals surface area contributed by atoms with Gasteiger partial charge in [0.15, 0.2) is 0 Å². The van der Waals surface area contributed by atoms with Crippen LogP contribution >= 0.6 is 0 Å². The molecule has 0 aromatic heterocycles. The van der Waals surface area contributed by atoms with Crippen molar-refractivity contribution in [1.29, 1.82) is 0 Å². The van der Waals surface area contributed by atoms with Crippen molar-refractivity contribution in [3.8, 4) is 5.75 Å². The molecule has 0 fully saturated rings. The molecule has 1 aromatic rings. The van der Waals surface area contributed by atoms with Gasteiger partial charge in [0.2, 0.25) is 6.08 Å². The average Bonchev–Trinajstić information content (AvgIpc) is 2.27. The summed E-state index contributed by atoms with van der Waals surface area (Å²) in [5.41, 5.74) is 1.91. The molecule has 0 aliphatic rings. The highest BCUT2D eigenvalue weighted by atomic mass is 16.5. The second kappa shape index (κ2) is 5.78.